The van der Waals surface area contributed by atoms with E-state index in [2.05, 4.69) is 10.6 Å². The third kappa shape index (κ3) is 1.35. The van der Waals surface area contributed by atoms with Gasteiger partial charge in [-0.15, -0.1) is 11.8 Å². The van der Waals surface area contributed by atoms with Crippen molar-refractivity contribution < 1.29 is 4.79 Å². The second-order valence-corrected chi connectivity index (χ2v) is 4.41. The Morgan fingerprint density at radius 3 is 3.27 bits per heavy atom. The topological polar surface area (TPSA) is 41.1 Å². The Bertz CT molecular complexity index is 189. The van der Waals surface area contributed by atoms with Crippen LogP contribution >= 0.6 is 23.4 Å². The van der Waals surface area contributed by atoms with E-state index < -0.39 is 0 Å². The van der Waals surface area contributed by atoms with E-state index in [1.54, 1.807) is 11.8 Å². The summed E-state index contributed by atoms with van der Waals surface area (Å²) in [5, 5.41) is 6.00. The van der Waals surface area contributed by atoms with E-state index in [-0.39, 0.29) is 22.8 Å². The average Bonchev–Trinajstić information content (AvgIpc) is 2.34. The van der Waals surface area contributed by atoms with E-state index in [1.165, 1.54) is 0 Å². The van der Waals surface area contributed by atoms with Gasteiger partial charge in [0, 0.05) is 0 Å². The first-order chi connectivity index (χ1) is 5.27. The van der Waals surface area contributed by atoms with Crippen molar-refractivity contribution >= 4 is 29.3 Å². The summed E-state index contributed by atoms with van der Waals surface area (Å²) in [4.78, 5) is 11.2. The maximum atomic E-state index is 11.2. The fourth-order valence-electron chi connectivity index (χ4n) is 1.44. The molecule has 3 nitrogen and oxygen atoms in total. The molecule has 0 aromatic heterocycles. The van der Waals surface area contributed by atoms with Gasteiger partial charge in [0.25, 0.3) is 0 Å². The lowest BCUT2D eigenvalue weighted by molar-refractivity contribution is -0.127. The minimum Gasteiger partial charge on any atom is -0.327 e. The zero-order chi connectivity index (χ0) is 7.84. The summed E-state index contributed by atoms with van der Waals surface area (Å²) in [6, 6.07) is 0. The molecule has 5 heteroatoms. The standard InChI is InChI=1S/C6H9ClN2OS/c7-6-8-4(10)3-1-2-11-5(3)9-6/h3,5-6,9H,1-2H2,(H,8,10). The number of alkyl halides is 1. The Morgan fingerprint density at radius 2 is 2.45 bits per heavy atom. The number of amides is 1. The summed E-state index contributed by atoms with van der Waals surface area (Å²) in [5.74, 6) is 1.29. The number of carbonyl (C=O) groups excluding carboxylic acids is 1. The minimum atomic E-state index is -0.380. The molecule has 0 spiro atoms. The van der Waals surface area contributed by atoms with Gasteiger partial charge in [-0.1, -0.05) is 11.6 Å². The lowest BCUT2D eigenvalue weighted by Gasteiger charge is -2.29. The summed E-state index contributed by atoms with van der Waals surface area (Å²) in [6.45, 7) is 0. The minimum absolute atomic E-state index is 0.0961. The van der Waals surface area contributed by atoms with Crippen molar-refractivity contribution in [3.63, 3.8) is 0 Å². The average molecular weight is 193 g/mol. The number of halogens is 1. The molecule has 0 aliphatic carbocycles. The van der Waals surface area contributed by atoms with E-state index in [1.807, 2.05) is 0 Å². The predicted molar refractivity (Wildman–Crippen MR) is 45.3 cm³/mol. The molecule has 3 atom stereocenters. The fourth-order valence-corrected chi connectivity index (χ4v) is 3.13. The molecule has 2 aliphatic heterocycles. The molecule has 0 saturated carbocycles. The number of carbonyl (C=O) groups is 1. The first kappa shape index (κ1) is 7.71. The highest BCUT2D eigenvalue weighted by molar-refractivity contribution is 8.00. The van der Waals surface area contributed by atoms with Gasteiger partial charge in [-0.2, -0.15) is 0 Å². The highest BCUT2D eigenvalue weighted by Gasteiger charge is 2.38. The van der Waals surface area contributed by atoms with Crippen LogP contribution in [0.3, 0.4) is 0 Å². The highest BCUT2D eigenvalue weighted by atomic mass is 35.5. The van der Waals surface area contributed by atoms with Gasteiger partial charge in [0.1, 0.15) is 0 Å². The van der Waals surface area contributed by atoms with Crippen LogP contribution in [0.25, 0.3) is 0 Å². The molecular weight excluding hydrogens is 184 g/mol. The summed E-state index contributed by atoms with van der Waals surface area (Å²) in [5.41, 5.74) is -0.380. The predicted octanol–water partition coefficient (Wildman–Crippen LogP) is 0.307. The van der Waals surface area contributed by atoms with Crippen LogP contribution in [0.5, 0.6) is 0 Å². The van der Waals surface area contributed by atoms with Crippen LogP contribution in [0.2, 0.25) is 0 Å². The molecule has 2 N–H and O–H groups in total. The van der Waals surface area contributed by atoms with Gasteiger partial charge in [0.05, 0.1) is 11.3 Å². The Morgan fingerprint density at radius 1 is 1.64 bits per heavy atom. The van der Waals surface area contributed by atoms with Gasteiger partial charge in [-0.05, 0) is 12.2 Å². The van der Waals surface area contributed by atoms with Crippen molar-refractivity contribution in [1.29, 1.82) is 0 Å². The number of rotatable bonds is 0. The second kappa shape index (κ2) is 2.84. The van der Waals surface area contributed by atoms with E-state index in [0.29, 0.717) is 0 Å². The molecule has 2 fully saturated rings. The molecule has 2 aliphatic rings. The number of nitrogens with one attached hydrogen (secondary N) is 2. The molecule has 3 unspecified atom stereocenters. The Balaban J connectivity index is 2.10. The number of fused-ring (bicyclic) bond motifs is 1. The van der Waals surface area contributed by atoms with Gasteiger partial charge in [0.15, 0.2) is 5.62 Å². The second-order valence-electron chi connectivity index (χ2n) is 2.72. The van der Waals surface area contributed by atoms with E-state index in [0.717, 1.165) is 12.2 Å². The maximum absolute atomic E-state index is 11.2. The van der Waals surface area contributed by atoms with Crippen LogP contribution in [-0.4, -0.2) is 22.7 Å². The van der Waals surface area contributed by atoms with E-state index in [9.17, 15) is 4.79 Å². The van der Waals surface area contributed by atoms with E-state index >= 15 is 0 Å². The Labute approximate surface area is 74.2 Å². The lowest BCUT2D eigenvalue weighted by Crippen LogP contribution is -2.56. The van der Waals surface area contributed by atoms with Crippen LogP contribution in [0.4, 0.5) is 0 Å². The van der Waals surface area contributed by atoms with Crippen molar-refractivity contribution in [2.45, 2.75) is 17.4 Å². The van der Waals surface area contributed by atoms with Crippen LogP contribution in [0.15, 0.2) is 0 Å². The van der Waals surface area contributed by atoms with Gasteiger partial charge in [-0.3, -0.25) is 10.1 Å². The third-order valence-corrected chi connectivity index (χ3v) is 3.54. The van der Waals surface area contributed by atoms with Crippen molar-refractivity contribution in [3.8, 4) is 0 Å². The normalized spacial score (nSPS) is 43.4. The lowest BCUT2D eigenvalue weighted by atomic mass is 10.1. The van der Waals surface area contributed by atoms with Crippen molar-refractivity contribution in [3.05, 3.63) is 0 Å². The summed E-state index contributed by atoms with van der Waals surface area (Å²) < 4.78 is 0. The van der Waals surface area contributed by atoms with Gasteiger partial charge in [-0.25, -0.2) is 0 Å². The van der Waals surface area contributed by atoms with Crippen molar-refractivity contribution in [2.75, 3.05) is 5.75 Å². The molecule has 1 amide bonds. The van der Waals surface area contributed by atoms with Crippen LogP contribution in [0.1, 0.15) is 6.42 Å². The summed E-state index contributed by atoms with van der Waals surface area (Å²) in [7, 11) is 0. The van der Waals surface area contributed by atoms with Crippen molar-refractivity contribution in [1.82, 2.24) is 10.6 Å². The first-order valence-electron chi connectivity index (χ1n) is 3.59. The molecule has 62 valence electrons. The SMILES string of the molecule is O=C1NC(Cl)NC2SCCC12. The molecule has 0 radical (unpaired) electrons. The molecule has 11 heavy (non-hydrogen) atoms. The molecule has 0 aromatic rings. The van der Waals surface area contributed by atoms with E-state index in [4.69, 9.17) is 11.6 Å². The molecule has 2 heterocycles. The number of hydrogen-bond acceptors (Lipinski definition) is 3. The first-order valence-corrected chi connectivity index (χ1v) is 5.08. The van der Waals surface area contributed by atoms with Crippen LogP contribution in [-0.2, 0) is 4.79 Å². The molecule has 2 saturated heterocycles. The molecule has 0 bridgehead atoms. The molecule has 2 rings (SSSR count). The fraction of sp³-hybridized carbons (Fsp3) is 0.833. The van der Waals surface area contributed by atoms with Crippen LogP contribution in [0, 0.1) is 5.92 Å². The zero-order valence-corrected chi connectivity index (χ0v) is 7.41. The number of thioether (sulfide) groups is 1. The third-order valence-electron chi connectivity index (χ3n) is 2.01. The highest BCUT2D eigenvalue weighted by Crippen LogP contribution is 2.32. The van der Waals surface area contributed by atoms with Crippen LogP contribution < -0.4 is 10.6 Å². The van der Waals surface area contributed by atoms with Crippen molar-refractivity contribution in [2.24, 2.45) is 5.92 Å². The Kier molecular flexibility index (Phi) is 1.99. The molecular formula is C6H9ClN2OS. The summed E-state index contributed by atoms with van der Waals surface area (Å²) >= 11 is 7.50. The smallest absolute Gasteiger partial charge is 0.227 e. The monoisotopic (exact) mass is 192 g/mol. The van der Waals surface area contributed by atoms with Gasteiger partial charge < -0.3 is 5.32 Å². The largest absolute Gasteiger partial charge is 0.327 e. The zero-order valence-electron chi connectivity index (χ0n) is 5.84. The molecule has 0 aromatic carbocycles. The maximum Gasteiger partial charge on any atom is 0.227 e. The van der Waals surface area contributed by atoms with Gasteiger partial charge in [0.2, 0.25) is 5.91 Å². The Hall–Kier alpha value is 0.0700. The number of hydrogen-bond donors (Lipinski definition) is 2. The quantitative estimate of drug-likeness (QED) is 0.429. The summed E-state index contributed by atoms with van der Waals surface area (Å²) in [6.07, 6.45) is 0.970. The van der Waals surface area contributed by atoms with Gasteiger partial charge >= 0.3 is 0 Å².